The van der Waals surface area contributed by atoms with Gasteiger partial charge in [0.15, 0.2) is 0 Å². The van der Waals surface area contributed by atoms with Gasteiger partial charge in [0.05, 0.1) is 6.54 Å². The van der Waals surface area contributed by atoms with Crippen LogP contribution in [0.1, 0.15) is 23.1 Å². The van der Waals surface area contributed by atoms with Gasteiger partial charge in [-0.15, -0.1) is 0 Å². The number of halogens is 2. The van der Waals surface area contributed by atoms with Gasteiger partial charge in [0.25, 0.3) is 0 Å². The van der Waals surface area contributed by atoms with Crippen LogP contribution < -0.4 is 4.90 Å². The average molecular weight is 454 g/mol. The minimum atomic E-state index is -0.597. The number of hydrogen-bond acceptors (Lipinski definition) is 1. The van der Waals surface area contributed by atoms with E-state index in [1.54, 1.807) is 0 Å². The quantitative estimate of drug-likeness (QED) is 0.309. The van der Waals surface area contributed by atoms with Crippen LogP contribution in [0.4, 0.5) is 14.5 Å². The molecule has 0 saturated heterocycles. The van der Waals surface area contributed by atoms with Gasteiger partial charge in [-0.1, -0.05) is 66.7 Å². The Bertz CT molecular complexity index is 1300. The normalized spacial score (nSPS) is 15.3. The minimum absolute atomic E-state index is 0.119. The van der Waals surface area contributed by atoms with Crippen molar-refractivity contribution >= 4 is 11.6 Å². The van der Waals surface area contributed by atoms with Gasteiger partial charge in [0, 0.05) is 23.2 Å². The first-order chi connectivity index (χ1) is 16.6. The summed E-state index contributed by atoms with van der Waals surface area (Å²) in [6, 6.07) is 29.4. The molecule has 0 saturated carbocycles. The van der Waals surface area contributed by atoms with Gasteiger partial charge in [-0.2, -0.15) is 0 Å². The highest BCUT2D eigenvalue weighted by Crippen LogP contribution is 2.37. The van der Waals surface area contributed by atoms with Crippen molar-refractivity contribution < 1.29 is 13.6 Å². The number of hydrogen-bond donors (Lipinski definition) is 0. The molecule has 1 aliphatic rings. The first-order valence-corrected chi connectivity index (χ1v) is 11.6. The van der Waals surface area contributed by atoms with Crippen LogP contribution in [0.2, 0.25) is 0 Å². The third kappa shape index (κ3) is 4.62. The van der Waals surface area contributed by atoms with Crippen molar-refractivity contribution in [3.8, 4) is 11.1 Å². The number of anilines is 1. The van der Waals surface area contributed by atoms with Crippen LogP contribution in [-0.4, -0.2) is 5.91 Å². The number of carbonyl (C=O) groups excluding carboxylic acids is 1. The monoisotopic (exact) mass is 453 g/mol. The molecule has 1 unspecified atom stereocenters. The SMILES string of the molecule is O=C1C(CCc2ccccc2)Cc2cc(-c3ccc(F)cc3F)ccc2N1Cc1ccccc1. The van der Waals surface area contributed by atoms with Gasteiger partial charge < -0.3 is 4.90 Å². The number of benzene rings is 4. The predicted molar refractivity (Wildman–Crippen MR) is 131 cm³/mol. The number of aryl methyl sites for hydroxylation is 1. The smallest absolute Gasteiger partial charge is 0.230 e. The molecule has 0 fully saturated rings. The summed E-state index contributed by atoms with van der Waals surface area (Å²) < 4.78 is 27.9. The largest absolute Gasteiger partial charge is 0.307 e. The number of fused-ring (bicyclic) bond motifs is 1. The van der Waals surface area contributed by atoms with Crippen molar-refractivity contribution in [3.05, 3.63) is 125 Å². The van der Waals surface area contributed by atoms with E-state index in [2.05, 4.69) is 12.1 Å². The summed E-state index contributed by atoms with van der Waals surface area (Å²) in [7, 11) is 0. The predicted octanol–water partition coefficient (Wildman–Crippen LogP) is 6.97. The molecule has 1 heterocycles. The summed E-state index contributed by atoms with van der Waals surface area (Å²) >= 11 is 0. The van der Waals surface area contributed by atoms with Gasteiger partial charge in [-0.25, -0.2) is 8.78 Å². The van der Waals surface area contributed by atoms with Crippen LogP contribution in [0, 0.1) is 17.6 Å². The standard InChI is InChI=1S/C30H25F2NO/c31-26-14-15-27(28(32)19-26)23-13-16-29-25(17-23)18-24(12-11-21-7-3-1-4-8-21)30(34)33(29)20-22-9-5-2-6-10-22/h1-10,13-17,19,24H,11-12,18,20H2. The highest BCUT2D eigenvalue weighted by atomic mass is 19.1. The number of amides is 1. The van der Waals surface area contributed by atoms with E-state index >= 15 is 0 Å². The van der Waals surface area contributed by atoms with E-state index in [1.807, 2.05) is 71.6 Å². The molecule has 0 aliphatic carbocycles. The molecule has 4 heteroatoms. The summed E-state index contributed by atoms with van der Waals surface area (Å²) in [6.45, 7) is 0.485. The maximum atomic E-state index is 14.5. The molecule has 2 nitrogen and oxygen atoms in total. The molecule has 0 bridgehead atoms. The molecule has 4 aromatic carbocycles. The fourth-order valence-corrected chi connectivity index (χ4v) is 4.74. The summed E-state index contributed by atoms with van der Waals surface area (Å²) in [5.74, 6) is -1.23. The molecule has 170 valence electrons. The molecule has 0 aromatic heterocycles. The summed E-state index contributed by atoms with van der Waals surface area (Å²) in [5.41, 5.74) is 5.17. The lowest BCUT2D eigenvalue weighted by Gasteiger charge is -2.35. The maximum absolute atomic E-state index is 14.5. The van der Waals surface area contributed by atoms with Crippen LogP contribution in [0.3, 0.4) is 0 Å². The topological polar surface area (TPSA) is 20.3 Å². The van der Waals surface area contributed by atoms with Crippen molar-refractivity contribution in [1.29, 1.82) is 0 Å². The second-order valence-corrected chi connectivity index (χ2v) is 8.80. The first-order valence-electron chi connectivity index (χ1n) is 11.6. The zero-order valence-corrected chi connectivity index (χ0v) is 18.8. The third-order valence-corrected chi connectivity index (χ3v) is 6.50. The Hall–Kier alpha value is -3.79. The van der Waals surface area contributed by atoms with Crippen LogP contribution >= 0.6 is 0 Å². The Labute approximate surface area is 198 Å². The van der Waals surface area contributed by atoms with Crippen molar-refractivity contribution in [2.75, 3.05) is 4.90 Å². The Kier molecular flexibility index (Phi) is 6.22. The molecule has 34 heavy (non-hydrogen) atoms. The first kappa shape index (κ1) is 22.0. The second kappa shape index (κ2) is 9.60. The summed E-state index contributed by atoms with van der Waals surface area (Å²) in [4.78, 5) is 15.4. The molecule has 5 rings (SSSR count). The molecular formula is C30H25F2NO. The fraction of sp³-hybridized carbons (Fsp3) is 0.167. The molecule has 0 N–H and O–H groups in total. The second-order valence-electron chi connectivity index (χ2n) is 8.80. The maximum Gasteiger partial charge on any atom is 0.230 e. The van der Waals surface area contributed by atoms with E-state index < -0.39 is 11.6 Å². The van der Waals surface area contributed by atoms with Crippen LogP contribution in [0.25, 0.3) is 11.1 Å². The lowest BCUT2D eigenvalue weighted by Crippen LogP contribution is -2.41. The molecule has 4 aromatic rings. The van der Waals surface area contributed by atoms with Gasteiger partial charge in [0.1, 0.15) is 11.6 Å². The van der Waals surface area contributed by atoms with Gasteiger partial charge in [0.2, 0.25) is 5.91 Å². The molecule has 1 amide bonds. The lowest BCUT2D eigenvalue weighted by molar-refractivity contribution is -0.123. The Morgan fingerprint density at radius 3 is 2.21 bits per heavy atom. The molecule has 0 radical (unpaired) electrons. The van der Waals surface area contributed by atoms with Crippen LogP contribution in [0.5, 0.6) is 0 Å². The lowest BCUT2D eigenvalue weighted by atomic mass is 9.85. The number of nitrogens with zero attached hydrogens (tertiary/aromatic N) is 1. The van der Waals surface area contributed by atoms with E-state index in [-0.39, 0.29) is 11.8 Å². The van der Waals surface area contributed by atoms with Crippen LogP contribution in [-0.2, 0) is 24.2 Å². The third-order valence-electron chi connectivity index (χ3n) is 6.50. The highest BCUT2D eigenvalue weighted by molar-refractivity contribution is 5.98. The van der Waals surface area contributed by atoms with E-state index in [4.69, 9.17) is 0 Å². The van der Waals surface area contributed by atoms with E-state index in [0.29, 0.717) is 24.1 Å². The zero-order valence-electron chi connectivity index (χ0n) is 18.8. The Balaban J connectivity index is 1.49. The molecule has 1 aliphatic heterocycles. The minimum Gasteiger partial charge on any atom is -0.307 e. The van der Waals surface area contributed by atoms with Gasteiger partial charge >= 0.3 is 0 Å². The van der Waals surface area contributed by atoms with Crippen molar-refractivity contribution in [3.63, 3.8) is 0 Å². The van der Waals surface area contributed by atoms with Crippen molar-refractivity contribution in [2.24, 2.45) is 5.92 Å². The van der Waals surface area contributed by atoms with Gasteiger partial charge in [-0.3, -0.25) is 4.79 Å². The molecule has 1 atom stereocenters. The van der Waals surface area contributed by atoms with E-state index in [9.17, 15) is 13.6 Å². The Morgan fingerprint density at radius 2 is 1.50 bits per heavy atom. The van der Waals surface area contributed by atoms with E-state index in [0.717, 1.165) is 35.7 Å². The number of carbonyl (C=O) groups is 1. The fourth-order valence-electron chi connectivity index (χ4n) is 4.74. The molecule has 0 spiro atoms. The summed E-state index contributed by atoms with van der Waals surface area (Å²) in [6.07, 6.45) is 2.16. The summed E-state index contributed by atoms with van der Waals surface area (Å²) in [5, 5.41) is 0. The Morgan fingerprint density at radius 1 is 0.794 bits per heavy atom. The van der Waals surface area contributed by atoms with Crippen molar-refractivity contribution in [2.45, 2.75) is 25.8 Å². The van der Waals surface area contributed by atoms with Gasteiger partial charge in [-0.05, 0) is 65.8 Å². The average Bonchev–Trinajstić information content (AvgIpc) is 2.86. The highest BCUT2D eigenvalue weighted by Gasteiger charge is 2.33. The zero-order chi connectivity index (χ0) is 23.5. The van der Waals surface area contributed by atoms with E-state index in [1.165, 1.54) is 17.7 Å². The molecular weight excluding hydrogens is 428 g/mol. The van der Waals surface area contributed by atoms with Crippen molar-refractivity contribution in [1.82, 2.24) is 0 Å². The number of rotatable bonds is 6. The van der Waals surface area contributed by atoms with Crippen LogP contribution in [0.15, 0.2) is 97.1 Å².